The molecule has 16 heavy (non-hydrogen) atoms. The number of hydrogen-bond acceptors (Lipinski definition) is 3. The van der Waals surface area contributed by atoms with Crippen LogP contribution in [0.3, 0.4) is 0 Å². The maximum atomic E-state index is 12.3. The number of halogens is 4. The van der Waals surface area contributed by atoms with Crippen molar-refractivity contribution in [2.45, 2.75) is 12.6 Å². The molecule has 0 radical (unpaired) electrons. The van der Waals surface area contributed by atoms with Crippen LogP contribution in [0.25, 0.3) is 0 Å². The van der Waals surface area contributed by atoms with Gasteiger partial charge in [0.15, 0.2) is 0 Å². The maximum Gasteiger partial charge on any atom is 0.418 e. The second-order valence-electron chi connectivity index (χ2n) is 2.91. The fourth-order valence-corrected chi connectivity index (χ4v) is 1.59. The monoisotopic (exact) mass is 297 g/mol. The summed E-state index contributed by atoms with van der Waals surface area (Å²) in [6, 6.07) is 1.15. The lowest BCUT2D eigenvalue weighted by Crippen LogP contribution is -2.10. The molecule has 0 unspecified atom stereocenters. The van der Waals surface area contributed by atoms with Crippen molar-refractivity contribution < 1.29 is 22.7 Å². The number of nitrogens with zero attached hydrogens (tertiary/aromatic N) is 1. The fourth-order valence-electron chi connectivity index (χ4n) is 0.996. The number of hydrogen-bond donors (Lipinski definition) is 0. The van der Waals surface area contributed by atoms with E-state index < -0.39 is 17.7 Å². The van der Waals surface area contributed by atoms with Gasteiger partial charge in [0.2, 0.25) is 0 Å². The van der Waals surface area contributed by atoms with Gasteiger partial charge in [-0.05, 0) is 6.07 Å². The van der Waals surface area contributed by atoms with Gasteiger partial charge in [-0.15, -0.1) is 0 Å². The third-order valence-electron chi connectivity index (χ3n) is 1.77. The molecule has 0 aromatic carbocycles. The molecule has 0 spiro atoms. The van der Waals surface area contributed by atoms with Crippen LogP contribution < -0.4 is 0 Å². The van der Waals surface area contributed by atoms with Gasteiger partial charge in [-0.1, -0.05) is 15.9 Å². The van der Waals surface area contributed by atoms with E-state index in [-0.39, 0.29) is 16.6 Å². The first-order chi connectivity index (χ1) is 7.34. The number of carbonyl (C=O) groups excluding carboxylic acids is 1. The van der Waals surface area contributed by atoms with E-state index in [0.717, 1.165) is 6.07 Å². The standard InChI is InChI=1S/C9H7BrF3NO2/c1-16-8(15)3-5-2-7(10)6(4-14-5)9(11,12)13/h2,4H,3H2,1H3. The van der Waals surface area contributed by atoms with Crippen molar-refractivity contribution in [3.8, 4) is 0 Å². The average molecular weight is 298 g/mol. The number of esters is 1. The van der Waals surface area contributed by atoms with E-state index >= 15 is 0 Å². The third-order valence-corrected chi connectivity index (χ3v) is 2.42. The van der Waals surface area contributed by atoms with Crippen molar-refractivity contribution in [1.29, 1.82) is 0 Å². The summed E-state index contributed by atoms with van der Waals surface area (Å²) in [7, 11) is 1.20. The summed E-state index contributed by atoms with van der Waals surface area (Å²) in [5.74, 6) is -0.556. The normalized spacial score (nSPS) is 11.3. The Bertz CT molecular complexity index is 406. The molecule has 1 rings (SSSR count). The Morgan fingerprint density at radius 1 is 1.56 bits per heavy atom. The van der Waals surface area contributed by atoms with Gasteiger partial charge in [-0.2, -0.15) is 13.2 Å². The first-order valence-electron chi connectivity index (χ1n) is 4.13. The van der Waals surface area contributed by atoms with Gasteiger partial charge in [0.25, 0.3) is 0 Å². The lowest BCUT2D eigenvalue weighted by Gasteiger charge is -2.09. The van der Waals surface area contributed by atoms with Crippen LogP contribution in [0.4, 0.5) is 13.2 Å². The average Bonchev–Trinajstić information content (AvgIpc) is 2.15. The predicted molar refractivity (Wildman–Crippen MR) is 52.7 cm³/mol. The van der Waals surface area contributed by atoms with E-state index in [2.05, 4.69) is 25.7 Å². The van der Waals surface area contributed by atoms with E-state index in [9.17, 15) is 18.0 Å². The second kappa shape index (κ2) is 4.82. The fraction of sp³-hybridized carbons (Fsp3) is 0.333. The van der Waals surface area contributed by atoms with Crippen molar-refractivity contribution in [2.24, 2.45) is 0 Å². The Morgan fingerprint density at radius 3 is 2.62 bits per heavy atom. The van der Waals surface area contributed by atoms with Gasteiger partial charge in [0, 0.05) is 10.7 Å². The van der Waals surface area contributed by atoms with Crippen molar-refractivity contribution in [3.05, 3.63) is 28.0 Å². The lowest BCUT2D eigenvalue weighted by atomic mass is 10.2. The summed E-state index contributed by atoms with van der Waals surface area (Å²) < 4.78 is 41.3. The van der Waals surface area contributed by atoms with Crippen molar-refractivity contribution in [1.82, 2.24) is 4.98 Å². The molecule has 3 nitrogen and oxygen atoms in total. The molecule has 0 bridgehead atoms. The SMILES string of the molecule is COC(=O)Cc1cc(Br)c(C(F)(F)F)cn1. The highest BCUT2D eigenvalue weighted by atomic mass is 79.9. The second-order valence-corrected chi connectivity index (χ2v) is 3.76. The highest BCUT2D eigenvalue weighted by molar-refractivity contribution is 9.10. The lowest BCUT2D eigenvalue weighted by molar-refractivity contribution is -0.139. The molecule has 1 aromatic heterocycles. The van der Waals surface area contributed by atoms with Crippen LogP contribution in [0, 0.1) is 0 Å². The summed E-state index contributed by atoms with van der Waals surface area (Å²) in [6.07, 6.45) is -3.94. The molecule has 1 aromatic rings. The molecule has 0 aliphatic carbocycles. The highest BCUT2D eigenvalue weighted by Gasteiger charge is 2.33. The summed E-state index contributed by atoms with van der Waals surface area (Å²) in [5, 5.41) is 0. The smallest absolute Gasteiger partial charge is 0.418 e. The summed E-state index contributed by atoms with van der Waals surface area (Å²) in [4.78, 5) is 14.4. The highest BCUT2D eigenvalue weighted by Crippen LogP contribution is 2.34. The Balaban J connectivity index is 2.96. The zero-order chi connectivity index (χ0) is 12.3. The van der Waals surface area contributed by atoms with Gasteiger partial charge < -0.3 is 4.74 Å². The minimum absolute atomic E-state index is 0.145. The molecule has 0 fully saturated rings. The molecule has 0 aliphatic rings. The first kappa shape index (κ1) is 13.0. The van der Waals surface area contributed by atoms with E-state index in [0.29, 0.717) is 6.20 Å². The van der Waals surface area contributed by atoms with Crippen LogP contribution in [0.15, 0.2) is 16.7 Å². The van der Waals surface area contributed by atoms with Crippen molar-refractivity contribution in [2.75, 3.05) is 7.11 Å². The number of aromatic nitrogens is 1. The summed E-state index contributed by atoms with van der Waals surface area (Å²) >= 11 is 2.78. The minimum atomic E-state index is -4.46. The van der Waals surface area contributed by atoms with E-state index in [1.165, 1.54) is 7.11 Å². The Kier molecular flexibility index (Phi) is 3.90. The maximum absolute atomic E-state index is 12.3. The predicted octanol–water partition coefficient (Wildman–Crippen LogP) is 2.58. The van der Waals surface area contributed by atoms with Crippen LogP contribution >= 0.6 is 15.9 Å². The van der Waals surface area contributed by atoms with Gasteiger partial charge in [-0.25, -0.2) is 0 Å². The number of ether oxygens (including phenoxy) is 1. The third kappa shape index (κ3) is 3.19. The summed E-state index contributed by atoms with van der Waals surface area (Å²) in [5.41, 5.74) is -0.659. The van der Waals surface area contributed by atoms with Crippen LogP contribution in [-0.4, -0.2) is 18.1 Å². The quantitative estimate of drug-likeness (QED) is 0.788. The van der Waals surface area contributed by atoms with Crippen LogP contribution in [0.5, 0.6) is 0 Å². The Morgan fingerprint density at radius 2 is 2.19 bits per heavy atom. The Labute approximate surface area is 97.8 Å². The molecule has 88 valence electrons. The molecule has 0 atom stereocenters. The number of alkyl halides is 3. The Hall–Kier alpha value is -1.11. The van der Waals surface area contributed by atoms with Crippen molar-refractivity contribution in [3.63, 3.8) is 0 Å². The molecule has 0 saturated heterocycles. The number of rotatable bonds is 2. The van der Waals surface area contributed by atoms with Crippen LogP contribution in [-0.2, 0) is 22.1 Å². The molecule has 0 saturated carbocycles. The molecule has 0 amide bonds. The molecule has 7 heteroatoms. The largest absolute Gasteiger partial charge is 0.469 e. The number of pyridine rings is 1. The number of methoxy groups -OCH3 is 1. The van der Waals surface area contributed by atoms with E-state index in [1.807, 2.05) is 0 Å². The van der Waals surface area contributed by atoms with Gasteiger partial charge in [0.05, 0.1) is 24.8 Å². The van der Waals surface area contributed by atoms with Gasteiger partial charge in [0.1, 0.15) is 0 Å². The number of carbonyl (C=O) groups is 1. The molecule has 0 aliphatic heterocycles. The minimum Gasteiger partial charge on any atom is -0.469 e. The zero-order valence-corrected chi connectivity index (χ0v) is 9.72. The molecular formula is C9H7BrF3NO2. The van der Waals surface area contributed by atoms with Crippen LogP contribution in [0.1, 0.15) is 11.3 Å². The summed E-state index contributed by atoms with van der Waals surface area (Å²) in [6.45, 7) is 0. The van der Waals surface area contributed by atoms with Gasteiger partial charge >= 0.3 is 12.1 Å². The van der Waals surface area contributed by atoms with E-state index in [1.54, 1.807) is 0 Å². The zero-order valence-electron chi connectivity index (χ0n) is 8.14. The topological polar surface area (TPSA) is 39.2 Å². The molecule has 0 N–H and O–H groups in total. The van der Waals surface area contributed by atoms with Crippen LogP contribution in [0.2, 0.25) is 0 Å². The van der Waals surface area contributed by atoms with Gasteiger partial charge in [-0.3, -0.25) is 9.78 Å². The molecular weight excluding hydrogens is 291 g/mol. The van der Waals surface area contributed by atoms with E-state index in [4.69, 9.17) is 0 Å². The first-order valence-corrected chi connectivity index (χ1v) is 4.92. The van der Waals surface area contributed by atoms with Crippen molar-refractivity contribution >= 4 is 21.9 Å². The molecule has 1 heterocycles.